The second-order valence-corrected chi connectivity index (χ2v) is 5.45. The number of aromatic nitrogens is 2. The molecule has 0 radical (unpaired) electrons. The molecule has 0 unspecified atom stereocenters. The van der Waals surface area contributed by atoms with Crippen LogP contribution < -0.4 is 0 Å². The molecule has 112 valence electrons. The van der Waals surface area contributed by atoms with E-state index in [-0.39, 0.29) is 24.5 Å². The van der Waals surface area contributed by atoms with Gasteiger partial charge in [-0.2, -0.15) is 18.3 Å². The summed E-state index contributed by atoms with van der Waals surface area (Å²) < 4.78 is 39.4. The Morgan fingerprint density at radius 2 is 2.00 bits per heavy atom. The predicted octanol–water partition coefficient (Wildman–Crippen LogP) is 3.84. The number of aryl methyl sites for hydroxylation is 1. The van der Waals surface area contributed by atoms with E-state index >= 15 is 0 Å². The normalized spacial score (nSPS) is 23.8. The fourth-order valence-electron chi connectivity index (χ4n) is 2.76. The number of carbonyl (C=O) groups excluding carboxylic acids is 1. The van der Waals surface area contributed by atoms with Crippen molar-refractivity contribution in [3.8, 4) is 0 Å². The van der Waals surface area contributed by atoms with Crippen LogP contribution in [0.15, 0.2) is 12.4 Å². The van der Waals surface area contributed by atoms with Crippen LogP contribution in [0.25, 0.3) is 0 Å². The number of rotatable bonds is 4. The molecule has 1 saturated carbocycles. The van der Waals surface area contributed by atoms with E-state index in [0.717, 1.165) is 13.0 Å². The minimum Gasteiger partial charge on any atom is -0.294 e. The van der Waals surface area contributed by atoms with Crippen molar-refractivity contribution in [2.24, 2.45) is 11.8 Å². The molecule has 1 heterocycles. The van der Waals surface area contributed by atoms with Crippen LogP contribution in [0.2, 0.25) is 0 Å². The highest BCUT2D eigenvalue weighted by molar-refractivity contribution is 5.97. The van der Waals surface area contributed by atoms with E-state index in [2.05, 4.69) is 5.10 Å². The van der Waals surface area contributed by atoms with Crippen molar-refractivity contribution < 1.29 is 18.0 Å². The van der Waals surface area contributed by atoms with Gasteiger partial charge in [-0.1, -0.05) is 6.92 Å². The van der Waals surface area contributed by atoms with E-state index in [9.17, 15) is 18.0 Å². The largest absolute Gasteiger partial charge is 0.391 e. The minimum atomic E-state index is -4.12. The van der Waals surface area contributed by atoms with E-state index in [1.54, 1.807) is 10.9 Å². The Labute approximate surface area is 116 Å². The molecule has 0 atom stereocenters. The molecule has 6 heteroatoms. The van der Waals surface area contributed by atoms with Gasteiger partial charge in [0.2, 0.25) is 0 Å². The van der Waals surface area contributed by atoms with Gasteiger partial charge in [-0.25, -0.2) is 0 Å². The van der Waals surface area contributed by atoms with Crippen LogP contribution in [0.5, 0.6) is 0 Å². The molecule has 0 N–H and O–H groups in total. The third kappa shape index (κ3) is 3.41. The van der Waals surface area contributed by atoms with Gasteiger partial charge in [0.05, 0.1) is 17.7 Å². The van der Waals surface area contributed by atoms with E-state index in [1.807, 2.05) is 6.92 Å². The molecular weight excluding hydrogens is 269 g/mol. The monoisotopic (exact) mass is 288 g/mol. The van der Waals surface area contributed by atoms with Gasteiger partial charge >= 0.3 is 6.18 Å². The Hall–Kier alpha value is -1.33. The lowest BCUT2D eigenvalue weighted by atomic mass is 9.79. The van der Waals surface area contributed by atoms with Gasteiger partial charge in [-0.15, -0.1) is 0 Å². The minimum absolute atomic E-state index is 0.0585. The fourth-order valence-corrected chi connectivity index (χ4v) is 2.76. The van der Waals surface area contributed by atoms with E-state index in [4.69, 9.17) is 0 Å². The van der Waals surface area contributed by atoms with E-state index in [1.165, 1.54) is 6.20 Å². The first-order valence-corrected chi connectivity index (χ1v) is 7.05. The molecule has 1 aromatic rings. The zero-order valence-corrected chi connectivity index (χ0v) is 11.5. The molecule has 0 spiro atoms. The highest BCUT2D eigenvalue weighted by atomic mass is 19.4. The maximum absolute atomic E-state index is 12.6. The number of halogens is 3. The van der Waals surface area contributed by atoms with Crippen LogP contribution in [0.3, 0.4) is 0 Å². The lowest BCUT2D eigenvalue weighted by molar-refractivity contribution is -0.183. The van der Waals surface area contributed by atoms with Gasteiger partial charge in [0.25, 0.3) is 0 Å². The summed E-state index contributed by atoms with van der Waals surface area (Å²) >= 11 is 0. The molecule has 0 bridgehead atoms. The fraction of sp³-hybridized carbons (Fsp3) is 0.714. The summed E-state index contributed by atoms with van der Waals surface area (Å²) in [6, 6.07) is 0. The zero-order valence-electron chi connectivity index (χ0n) is 11.5. The van der Waals surface area contributed by atoms with Crippen LogP contribution in [-0.2, 0) is 6.54 Å². The Morgan fingerprint density at radius 3 is 2.55 bits per heavy atom. The first-order valence-electron chi connectivity index (χ1n) is 7.05. The lowest BCUT2D eigenvalue weighted by Gasteiger charge is -2.28. The molecule has 0 saturated heterocycles. The van der Waals surface area contributed by atoms with Crippen LogP contribution in [0.4, 0.5) is 13.2 Å². The zero-order chi connectivity index (χ0) is 14.8. The molecule has 0 aromatic carbocycles. The molecule has 0 amide bonds. The summed E-state index contributed by atoms with van der Waals surface area (Å²) in [4.78, 5) is 12.2. The summed E-state index contributed by atoms with van der Waals surface area (Å²) in [6.45, 7) is 2.76. The number of hydrogen-bond acceptors (Lipinski definition) is 2. The van der Waals surface area contributed by atoms with Crippen molar-refractivity contribution in [2.75, 3.05) is 0 Å². The van der Waals surface area contributed by atoms with Crippen LogP contribution >= 0.6 is 0 Å². The average Bonchev–Trinajstić information content (AvgIpc) is 2.86. The number of alkyl halides is 3. The van der Waals surface area contributed by atoms with E-state index in [0.29, 0.717) is 18.4 Å². The quantitative estimate of drug-likeness (QED) is 0.789. The summed E-state index contributed by atoms with van der Waals surface area (Å²) in [6.07, 6.45) is 0.775. The predicted molar refractivity (Wildman–Crippen MR) is 68.4 cm³/mol. The second kappa shape index (κ2) is 5.97. The average molecular weight is 288 g/mol. The summed E-state index contributed by atoms with van der Waals surface area (Å²) in [7, 11) is 0. The molecule has 1 aromatic heterocycles. The van der Waals surface area contributed by atoms with Crippen LogP contribution in [0.1, 0.15) is 49.4 Å². The number of Topliss-reactive ketones (excluding diaryl/α,β-unsaturated/α-hetero) is 1. The van der Waals surface area contributed by atoms with Gasteiger partial charge in [0, 0.05) is 18.7 Å². The third-order valence-corrected chi connectivity index (χ3v) is 3.93. The Kier molecular flexibility index (Phi) is 4.50. The Bertz CT molecular complexity index is 459. The summed E-state index contributed by atoms with van der Waals surface area (Å²) in [5.41, 5.74) is 0.522. The van der Waals surface area contributed by atoms with Gasteiger partial charge in [0.15, 0.2) is 5.78 Å². The van der Waals surface area contributed by atoms with Crippen molar-refractivity contribution in [1.82, 2.24) is 9.78 Å². The number of hydrogen-bond donors (Lipinski definition) is 0. The number of carbonyl (C=O) groups is 1. The second-order valence-electron chi connectivity index (χ2n) is 5.45. The topological polar surface area (TPSA) is 34.9 Å². The van der Waals surface area contributed by atoms with Crippen molar-refractivity contribution in [1.29, 1.82) is 0 Å². The Morgan fingerprint density at radius 1 is 1.35 bits per heavy atom. The Balaban J connectivity index is 1.94. The standard InChI is InChI=1S/C14H19F3N2O/c1-2-7-19-9-11(8-18-19)13(20)10-3-5-12(6-4-10)14(15,16)17/h8-10,12H,2-7H2,1H3. The van der Waals surface area contributed by atoms with Gasteiger partial charge < -0.3 is 0 Å². The smallest absolute Gasteiger partial charge is 0.294 e. The summed E-state index contributed by atoms with van der Waals surface area (Å²) in [5.74, 6) is -1.59. The molecule has 2 rings (SSSR count). The highest BCUT2D eigenvalue weighted by Crippen LogP contribution is 2.40. The van der Waals surface area contributed by atoms with Crippen molar-refractivity contribution in [2.45, 2.75) is 51.7 Å². The molecule has 20 heavy (non-hydrogen) atoms. The maximum Gasteiger partial charge on any atom is 0.391 e. The molecular formula is C14H19F3N2O. The van der Waals surface area contributed by atoms with E-state index < -0.39 is 12.1 Å². The van der Waals surface area contributed by atoms with Crippen molar-refractivity contribution in [3.63, 3.8) is 0 Å². The van der Waals surface area contributed by atoms with Gasteiger partial charge in [-0.3, -0.25) is 9.48 Å². The first-order chi connectivity index (χ1) is 9.41. The van der Waals surface area contributed by atoms with Crippen molar-refractivity contribution in [3.05, 3.63) is 18.0 Å². The van der Waals surface area contributed by atoms with Crippen LogP contribution in [-0.4, -0.2) is 21.7 Å². The maximum atomic E-state index is 12.6. The molecule has 1 fully saturated rings. The van der Waals surface area contributed by atoms with Crippen molar-refractivity contribution >= 4 is 5.78 Å². The number of nitrogens with zero attached hydrogens (tertiary/aromatic N) is 2. The first kappa shape index (κ1) is 15.1. The summed E-state index contributed by atoms with van der Waals surface area (Å²) in [5, 5.41) is 4.09. The van der Waals surface area contributed by atoms with Gasteiger partial charge in [0.1, 0.15) is 0 Å². The molecule has 3 nitrogen and oxygen atoms in total. The molecule has 1 aliphatic rings. The highest BCUT2D eigenvalue weighted by Gasteiger charge is 2.42. The lowest BCUT2D eigenvalue weighted by Crippen LogP contribution is -2.30. The molecule has 0 aliphatic heterocycles. The van der Waals surface area contributed by atoms with Crippen LogP contribution in [0, 0.1) is 11.8 Å². The SMILES string of the molecule is CCCn1cc(C(=O)C2CCC(C(F)(F)F)CC2)cn1. The van der Waals surface area contributed by atoms with Gasteiger partial charge in [-0.05, 0) is 32.1 Å². The molecule has 1 aliphatic carbocycles. The third-order valence-electron chi connectivity index (χ3n) is 3.93. The number of ketones is 1.